The van der Waals surface area contributed by atoms with Gasteiger partial charge >= 0.3 is 6.09 Å². The third-order valence-corrected chi connectivity index (χ3v) is 7.38. The summed E-state index contributed by atoms with van der Waals surface area (Å²) in [6.45, 7) is 0.952. The molecule has 15 nitrogen and oxygen atoms in total. The normalized spacial score (nSPS) is 20.7. The summed E-state index contributed by atoms with van der Waals surface area (Å²) in [4.78, 5) is 51.4. The fourth-order valence-corrected chi connectivity index (χ4v) is 5.00. The summed E-state index contributed by atoms with van der Waals surface area (Å²) in [7, 11) is 0. The maximum Gasteiger partial charge on any atom is 0.408 e. The maximum absolute atomic E-state index is 13.3. The van der Waals surface area contributed by atoms with Crippen LogP contribution in [0.4, 0.5) is 10.6 Å². The van der Waals surface area contributed by atoms with Crippen LogP contribution in [0.3, 0.4) is 0 Å². The summed E-state index contributed by atoms with van der Waals surface area (Å²) in [5.74, 6) is -1.13. The Hall–Kier alpha value is -5.12. The summed E-state index contributed by atoms with van der Waals surface area (Å²) in [5.41, 5.74) is 8.03. The van der Waals surface area contributed by atoms with Crippen LogP contribution in [0.5, 0.6) is 0 Å². The van der Waals surface area contributed by atoms with Gasteiger partial charge in [0.1, 0.15) is 42.7 Å². The van der Waals surface area contributed by atoms with Crippen LogP contribution in [0.2, 0.25) is 0 Å². The summed E-state index contributed by atoms with van der Waals surface area (Å²) in [5, 5.41) is 29.0. The first-order valence-corrected chi connectivity index (χ1v) is 14.2. The van der Waals surface area contributed by atoms with Crippen LogP contribution in [-0.2, 0) is 32.1 Å². The molecule has 3 heterocycles. The Labute approximate surface area is 257 Å². The Morgan fingerprint density at radius 2 is 1.69 bits per heavy atom. The molecule has 1 aliphatic heterocycles. The van der Waals surface area contributed by atoms with Crippen LogP contribution >= 0.6 is 0 Å². The van der Waals surface area contributed by atoms with Crippen molar-refractivity contribution in [2.75, 3.05) is 12.3 Å². The van der Waals surface area contributed by atoms with Crippen LogP contribution in [0, 0.1) is 0 Å². The number of imidazole rings is 1. The van der Waals surface area contributed by atoms with Gasteiger partial charge in [0.05, 0.1) is 19.0 Å². The number of aromatic nitrogens is 4. The lowest BCUT2D eigenvalue weighted by molar-refractivity contribution is -0.130. The Morgan fingerprint density at radius 3 is 2.38 bits per heavy atom. The molecule has 0 spiro atoms. The predicted octanol–water partition coefficient (Wildman–Crippen LogP) is 0.186. The summed E-state index contributed by atoms with van der Waals surface area (Å²) in [6.07, 6.45) is -1.41. The number of hydrogen-bond donors (Lipinski definition) is 6. The first-order chi connectivity index (χ1) is 21.7. The van der Waals surface area contributed by atoms with E-state index in [0.717, 1.165) is 11.1 Å². The minimum absolute atomic E-state index is 0.0131. The lowest BCUT2D eigenvalue weighted by atomic mass is 10.0. The molecular formula is C30H34N8O7. The number of carbonyl (C=O) groups excluding carboxylic acids is 3. The number of aliphatic hydroxyl groups is 2. The summed E-state index contributed by atoms with van der Waals surface area (Å²) < 4.78 is 12.6. The van der Waals surface area contributed by atoms with Crippen molar-refractivity contribution in [3.63, 3.8) is 0 Å². The molecule has 4 aromatic rings. The van der Waals surface area contributed by atoms with E-state index in [0.29, 0.717) is 11.2 Å². The van der Waals surface area contributed by atoms with Crippen molar-refractivity contribution in [2.24, 2.45) is 0 Å². The maximum atomic E-state index is 13.3. The molecule has 7 N–H and O–H groups in total. The highest BCUT2D eigenvalue weighted by Gasteiger charge is 2.46. The Bertz CT molecular complexity index is 1620. The molecule has 0 bridgehead atoms. The van der Waals surface area contributed by atoms with Gasteiger partial charge in [-0.05, 0) is 18.1 Å². The minimum atomic E-state index is -1.32. The van der Waals surface area contributed by atoms with Crippen LogP contribution in [-0.4, -0.2) is 84.6 Å². The van der Waals surface area contributed by atoms with E-state index in [9.17, 15) is 24.6 Å². The monoisotopic (exact) mass is 618 g/mol. The molecule has 1 fully saturated rings. The number of carbonyl (C=O) groups is 3. The fraction of sp³-hybridized carbons (Fsp3) is 0.333. The molecule has 0 unspecified atom stereocenters. The van der Waals surface area contributed by atoms with Gasteiger partial charge in [-0.2, -0.15) is 0 Å². The van der Waals surface area contributed by atoms with Gasteiger partial charge in [-0.25, -0.2) is 19.7 Å². The van der Waals surface area contributed by atoms with Crippen LogP contribution in [0.1, 0.15) is 24.3 Å². The molecule has 1 aliphatic rings. The number of amides is 3. The molecule has 0 aliphatic carbocycles. The Balaban J connectivity index is 1.23. The topological polar surface area (TPSA) is 216 Å². The zero-order valence-electron chi connectivity index (χ0n) is 24.3. The van der Waals surface area contributed by atoms with E-state index < -0.39 is 61.1 Å². The minimum Gasteiger partial charge on any atom is -0.445 e. The van der Waals surface area contributed by atoms with Crippen molar-refractivity contribution < 1.29 is 34.1 Å². The smallest absolute Gasteiger partial charge is 0.408 e. The van der Waals surface area contributed by atoms with E-state index in [1.54, 1.807) is 12.1 Å². The molecular weight excluding hydrogens is 584 g/mol. The van der Waals surface area contributed by atoms with Gasteiger partial charge in [-0.3, -0.25) is 14.2 Å². The van der Waals surface area contributed by atoms with Crippen molar-refractivity contribution in [1.29, 1.82) is 0 Å². The van der Waals surface area contributed by atoms with Crippen molar-refractivity contribution in [1.82, 2.24) is 35.5 Å². The summed E-state index contributed by atoms with van der Waals surface area (Å²) in [6, 6.07) is 15.0. The predicted molar refractivity (Wildman–Crippen MR) is 160 cm³/mol. The molecule has 6 atom stereocenters. The van der Waals surface area contributed by atoms with E-state index in [-0.39, 0.29) is 18.8 Å². The van der Waals surface area contributed by atoms with Crippen LogP contribution in [0.25, 0.3) is 11.2 Å². The molecule has 45 heavy (non-hydrogen) atoms. The molecule has 1 saturated heterocycles. The first kappa shape index (κ1) is 31.3. The van der Waals surface area contributed by atoms with Gasteiger partial charge in [0.25, 0.3) is 0 Å². The molecule has 0 radical (unpaired) electrons. The highest BCUT2D eigenvalue weighted by molar-refractivity contribution is 5.91. The SMILES string of the molecule is C[C@@H](NC(=O)[C@@H](Cc1ccccc1)NC(=O)OCc1ccccc1)C(=O)N[C@@H]1[C@@H](O)[C@@H](n2cnc3c(N)ncnc32)O[C@H]1CO. The number of anilines is 1. The van der Waals surface area contributed by atoms with E-state index in [1.165, 1.54) is 24.1 Å². The number of nitrogens with zero attached hydrogens (tertiary/aromatic N) is 4. The van der Waals surface area contributed by atoms with Gasteiger partial charge in [0.15, 0.2) is 17.7 Å². The van der Waals surface area contributed by atoms with Gasteiger partial charge in [0, 0.05) is 6.42 Å². The van der Waals surface area contributed by atoms with Gasteiger partial charge < -0.3 is 41.4 Å². The van der Waals surface area contributed by atoms with Gasteiger partial charge in [-0.1, -0.05) is 60.7 Å². The lowest BCUT2D eigenvalue weighted by Gasteiger charge is -2.24. The van der Waals surface area contributed by atoms with E-state index >= 15 is 0 Å². The fourth-order valence-electron chi connectivity index (χ4n) is 5.00. The number of hydrogen-bond acceptors (Lipinski definition) is 11. The van der Waals surface area contributed by atoms with Crippen molar-refractivity contribution in [3.05, 3.63) is 84.4 Å². The number of ether oxygens (including phenoxy) is 2. The number of fused-ring (bicyclic) bond motifs is 1. The number of nitrogens with one attached hydrogen (secondary N) is 3. The average Bonchev–Trinajstić information content (AvgIpc) is 3.61. The largest absolute Gasteiger partial charge is 0.445 e. The number of alkyl carbamates (subject to hydrolysis) is 1. The zero-order valence-corrected chi connectivity index (χ0v) is 24.3. The number of aliphatic hydroxyl groups excluding tert-OH is 2. The van der Waals surface area contributed by atoms with Crippen molar-refractivity contribution in [3.8, 4) is 0 Å². The standard InChI is InChI=1S/C30H34N8O7/c1-17(27(41)37-22-21(13-39)45-29(24(22)40)38-16-34-23-25(31)32-15-33-26(23)38)35-28(42)20(12-18-8-4-2-5-9-18)36-30(43)44-14-19-10-6-3-7-11-19/h2-11,15-17,20-22,24,29,39-40H,12-14H2,1H3,(H,35,42)(H,36,43)(H,37,41)(H2,31,32,33)/t17-,20-,21+,22+,24-,29+/m1/s1. The molecule has 15 heteroatoms. The Morgan fingerprint density at radius 1 is 1.00 bits per heavy atom. The quantitative estimate of drug-likeness (QED) is 0.133. The molecule has 2 aromatic heterocycles. The van der Waals surface area contributed by atoms with E-state index in [2.05, 4.69) is 30.9 Å². The van der Waals surface area contributed by atoms with E-state index in [1.807, 2.05) is 48.5 Å². The van der Waals surface area contributed by atoms with Crippen LogP contribution in [0.15, 0.2) is 73.3 Å². The number of rotatable bonds is 11. The molecule has 236 valence electrons. The second-order valence-corrected chi connectivity index (χ2v) is 10.5. The molecule has 3 amide bonds. The third kappa shape index (κ3) is 7.34. The lowest BCUT2D eigenvalue weighted by Crippen LogP contribution is -2.57. The molecule has 5 rings (SSSR count). The Kier molecular flexibility index (Phi) is 9.82. The average molecular weight is 619 g/mol. The van der Waals surface area contributed by atoms with Crippen molar-refractivity contribution >= 4 is 34.9 Å². The molecule has 2 aromatic carbocycles. The van der Waals surface area contributed by atoms with Gasteiger partial charge in [-0.15, -0.1) is 0 Å². The second-order valence-electron chi connectivity index (χ2n) is 10.5. The number of nitrogens with two attached hydrogens (primary N) is 1. The zero-order chi connectivity index (χ0) is 31.9. The molecule has 0 saturated carbocycles. The third-order valence-electron chi connectivity index (χ3n) is 7.38. The van der Waals surface area contributed by atoms with Crippen LogP contribution < -0.4 is 21.7 Å². The second kappa shape index (κ2) is 14.1. The first-order valence-electron chi connectivity index (χ1n) is 14.2. The number of benzene rings is 2. The number of nitrogen functional groups attached to an aromatic ring is 1. The van der Waals surface area contributed by atoms with Crippen molar-refractivity contribution in [2.45, 2.75) is 56.5 Å². The highest BCUT2D eigenvalue weighted by Crippen LogP contribution is 2.32. The van der Waals surface area contributed by atoms with E-state index in [4.69, 9.17) is 15.2 Å². The summed E-state index contributed by atoms with van der Waals surface area (Å²) >= 11 is 0. The highest BCUT2D eigenvalue weighted by atomic mass is 16.6. The van der Waals surface area contributed by atoms with Gasteiger partial charge in [0.2, 0.25) is 11.8 Å².